The highest BCUT2D eigenvalue weighted by molar-refractivity contribution is 5.97. The lowest BCUT2D eigenvalue weighted by Gasteiger charge is -2.18. The van der Waals surface area contributed by atoms with Crippen molar-refractivity contribution in [1.82, 2.24) is 9.97 Å². The lowest BCUT2D eigenvalue weighted by molar-refractivity contribution is 0.101. The molecule has 5 rings (SSSR count). The van der Waals surface area contributed by atoms with Crippen molar-refractivity contribution in [3.8, 4) is 0 Å². The smallest absolute Gasteiger partial charge is 0.229 e. The average Bonchev–Trinajstić information content (AvgIpc) is 3.28. The molecule has 3 heterocycles. The molecular weight excluding hydrogens is 348 g/mol. The summed E-state index contributed by atoms with van der Waals surface area (Å²) >= 11 is 0. The molecule has 1 aliphatic carbocycles. The van der Waals surface area contributed by atoms with E-state index in [4.69, 9.17) is 4.99 Å². The van der Waals surface area contributed by atoms with Crippen LogP contribution >= 0.6 is 0 Å². The van der Waals surface area contributed by atoms with Crippen LogP contribution in [-0.4, -0.2) is 28.0 Å². The number of carbonyl (C=O) groups is 1. The number of Topliss-reactive ketones (excluding diaryl/α,β-unsaturated/α-hetero) is 1. The van der Waals surface area contributed by atoms with Crippen LogP contribution in [-0.2, 0) is 5.41 Å². The van der Waals surface area contributed by atoms with Crippen LogP contribution in [0.15, 0.2) is 41.7 Å². The van der Waals surface area contributed by atoms with E-state index in [0.29, 0.717) is 11.9 Å². The van der Waals surface area contributed by atoms with Gasteiger partial charge < -0.3 is 4.90 Å². The SMILES string of the molecule is CCC1=NC(c2cnc(N3CC4(CC4)c4ccc(C(C)=O)cc43)nc2)=CC1C. The fraction of sp³-hybridized carbons (Fsp3) is 0.391. The van der Waals surface area contributed by atoms with E-state index in [-0.39, 0.29) is 11.2 Å². The molecule has 5 nitrogen and oxygen atoms in total. The molecule has 1 unspecified atom stereocenters. The first kappa shape index (κ1) is 17.3. The lowest BCUT2D eigenvalue weighted by Crippen LogP contribution is -2.21. The van der Waals surface area contributed by atoms with Gasteiger partial charge in [0.1, 0.15) is 0 Å². The minimum absolute atomic E-state index is 0.0858. The molecule has 142 valence electrons. The van der Waals surface area contributed by atoms with Gasteiger partial charge >= 0.3 is 0 Å². The molecule has 3 aliphatic rings. The Balaban J connectivity index is 1.48. The largest absolute Gasteiger partial charge is 0.309 e. The molecule has 1 fully saturated rings. The van der Waals surface area contributed by atoms with Gasteiger partial charge in [-0.2, -0.15) is 0 Å². The van der Waals surface area contributed by atoms with E-state index in [1.165, 1.54) is 24.1 Å². The maximum Gasteiger partial charge on any atom is 0.229 e. The first-order chi connectivity index (χ1) is 13.5. The molecule has 0 amide bonds. The number of fused-ring (bicyclic) bond motifs is 2. The van der Waals surface area contributed by atoms with Crippen molar-refractivity contribution in [3.05, 3.63) is 53.4 Å². The van der Waals surface area contributed by atoms with Crippen molar-refractivity contribution in [3.63, 3.8) is 0 Å². The monoisotopic (exact) mass is 372 g/mol. The topological polar surface area (TPSA) is 58.5 Å². The van der Waals surface area contributed by atoms with Gasteiger partial charge in [0.25, 0.3) is 0 Å². The van der Waals surface area contributed by atoms with E-state index in [0.717, 1.165) is 35.5 Å². The number of allylic oxidation sites excluding steroid dienone is 1. The van der Waals surface area contributed by atoms with Crippen LogP contribution in [0.3, 0.4) is 0 Å². The fourth-order valence-electron chi connectivity index (χ4n) is 4.43. The first-order valence-corrected chi connectivity index (χ1v) is 10.1. The highest BCUT2D eigenvalue weighted by atomic mass is 16.1. The maximum atomic E-state index is 11.9. The molecule has 2 aromatic rings. The third-order valence-corrected chi connectivity index (χ3v) is 6.32. The first-order valence-electron chi connectivity index (χ1n) is 10.1. The van der Waals surface area contributed by atoms with E-state index in [2.05, 4.69) is 40.9 Å². The van der Waals surface area contributed by atoms with Crippen molar-refractivity contribution >= 4 is 28.8 Å². The lowest BCUT2D eigenvalue weighted by atomic mass is 9.97. The van der Waals surface area contributed by atoms with Crippen LogP contribution in [0.1, 0.15) is 61.5 Å². The quantitative estimate of drug-likeness (QED) is 0.730. The van der Waals surface area contributed by atoms with Crippen molar-refractivity contribution in [1.29, 1.82) is 0 Å². The molecule has 0 N–H and O–H groups in total. The number of carbonyl (C=O) groups excluding carboxylic acids is 1. The standard InChI is InChI=1S/C23H24N4O/c1-4-19-14(2)9-20(26-19)17-11-24-22(25-12-17)27-13-23(7-8-23)18-6-5-16(15(3)28)10-21(18)27/h5-6,9-12,14H,4,7-8,13H2,1-3H3. The third-order valence-electron chi connectivity index (χ3n) is 6.32. The van der Waals surface area contributed by atoms with Gasteiger partial charge in [0.15, 0.2) is 5.78 Å². The zero-order valence-electron chi connectivity index (χ0n) is 16.6. The minimum atomic E-state index is 0.0858. The van der Waals surface area contributed by atoms with E-state index in [1.807, 2.05) is 24.5 Å². The molecule has 1 aromatic carbocycles. The highest BCUT2D eigenvalue weighted by Gasteiger charge is 2.52. The van der Waals surface area contributed by atoms with Crippen molar-refractivity contribution < 1.29 is 4.79 Å². The minimum Gasteiger partial charge on any atom is -0.309 e. The molecule has 2 aliphatic heterocycles. The van der Waals surface area contributed by atoms with E-state index in [9.17, 15) is 4.79 Å². The summed E-state index contributed by atoms with van der Waals surface area (Å²) in [4.78, 5) is 28.1. The van der Waals surface area contributed by atoms with Crippen LogP contribution in [0.5, 0.6) is 0 Å². The summed E-state index contributed by atoms with van der Waals surface area (Å²) in [5.41, 5.74) is 6.50. The van der Waals surface area contributed by atoms with Crippen molar-refractivity contribution in [2.24, 2.45) is 10.9 Å². The molecule has 1 aromatic heterocycles. The molecule has 28 heavy (non-hydrogen) atoms. The highest BCUT2D eigenvalue weighted by Crippen LogP contribution is 2.57. The maximum absolute atomic E-state index is 11.9. The number of benzene rings is 1. The molecule has 0 saturated heterocycles. The summed E-state index contributed by atoms with van der Waals surface area (Å²) in [6.45, 7) is 6.81. The number of aliphatic imine (C=N–C) groups is 1. The van der Waals surface area contributed by atoms with Crippen molar-refractivity contribution in [2.75, 3.05) is 11.4 Å². The number of hydrogen-bond donors (Lipinski definition) is 0. The molecule has 1 atom stereocenters. The van der Waals surface area contributed by atoms with Gasteiger partial charge in [0.2, 0.25) is 5.95 Å². The van der Waals surface area contributed by atoms with Gasteiger partial charge in [-0.25, -0.2) is 9.97 Å². The molecular formula is C23H24N4O. The van der Waals surface area contributed by atoms with E-state index < -0.39 is 0 Å². The second-order valence-corrected chi connectivity index (χ2v) is 8.22. The summed E-state index contributed by atoms with van der Waals surface area (Å²) < 4.78 is 0. The van der Waals surface area contributed by atoms with Gasteiger partial charge in [-0.3, -0.25) is 9.79 Å². The Labute approximate surface area is 165 Å². The Morgan fingerprint density at radius 2 is 2.00 bits per heavy atom. The second-order valence-electron chi connectivity index (χ2n) is 8.22. The molecule has 1 saturated carbocycles. The van der Waals surface area contributed by atoms with Crippen LogP contribution < -0.4 is 4.90 Å². The van der Waals surface area contributed by atoms with Gasteiger partial charge in [-0.1, -0.05) is 26.0 Å². The Bertz CT molecular complexity index is 1030. The van der Waals surface area contributed by atoms with Gasteiger partial charge in [-0.05, 0) is 43.9 Å². The summed E-state index contributed by atoms with van der Waals surface area (Å²) in [6.07, 6.45) is 9.26. The van der Waals surface area contributed by atoms with Crippen LogP contribution in [0, 0.1) is 5.92 Å². The Hall–Kier alpha value is -2.82. The average molecular weight is 372 g/mol. The number of aromatic nitrogens is 2. The fourth-order valence-corrected chi connectivity index (χ4v) is 4.43. The number of hydrogen-bond acceptors (Lipinski definition) is 5. The molecule has 5 heteroatoms. The van der Waals surface area contributed by atoms with Gasteiger partial charge in [0.05, 0.1) is 5.70 Å². The number of rotatable bonds is 4. The Kier molecular flexibility index (Phi) is 3.76. The number of nitrogens with zero attached hydrogens (tertiary/aromatic N) is 4. The summed E-state index contributed by atoms with van der Waals surface area (Å²) in [7, 11) is 0. The van der Waals surface area contributed by atoms with Crippen molar-refractivity contribution in [2.45, 2.75) is 45.4 Å². The molecule has 1 spiro atoms. The van der Waals surface area contributed by atoms with Crippen LogP contribution in [0.2, 0.25) is 0 Å². The predicted molar refractivity (Wildman–Crippen MR) is 111 cm³/mol. The Morgan fingerprint density at radius 1 is 1.25 bits per heavy atom. The van der Waals surface area contributed by atoms with Gasteiger partial charge in [0, 0.05) is 52.8 Å². The Morgan fingerprint density at radius 3 is 2.61 bits per heavy atom. The zero-order chi connectivity index (χ0) is 19.5. The van der Waals surface area contributed by atoms with E-state index in [1.54, 1.807) is 6.92 Å². The van der Waals surface area contributed by atoms with E-state index >= 15 is 0 Å². The van der Waals surface area contributed by atoms with Crippen LogP contribution in [0.25, 0.3) is 5.70 Å². The number of ketones is 1. The molecule has 0 radical (unpaired) electrons. The summed E-state index contributed by atoms with van der Waals surface area (Å²) in [5.74, 6) is 1.16. The molecule has 0 bridgehead atoms. The predicted octanol–water partition coefficient (Wildman–Crippen LogP) is 4.70. The van der Waals surface area contributed by atoms with Gasteiger partial charge in [-0.15, -0.1) is 0 Å². The summed E-state index contributed by atoms with van der Waals surface area (Å²) in [6, 6.07) is 6.08. The third kappa shape index (κ3) is 2.60. The normalized spacial score (nSPS) is 21.5. The number of anilines is 2. The zero-order valence-corrected chi connectivity index (χ0v) is 16.6. The van der Waals surface area contributed by atoms with Crippen LogP contribution in [0.4, 0.5) is 11.6 Å². The summed E-state index contributed by atoms with van der Waals surface area (Å²) in [5, 5.41) is 0. The second kappa shape index (κ2) is 6.09.